The SMILES string of the molecule is COC(C)(C)CCC(O)c1coc2ccccc12. The van der Waals surface area contributed by atoms with E-state index in [4.69, 9.17) is 9.15 Å². The Morgan fingerprint density at radius 3 is 2.78 bits per heavy atom. The molecule has 0 fully saturated rings. The van der Waals surface area contributed by atoms with Gasteiger partial charge in [-0.1, -0.05) is 18.2 Å². The number of methoxy groups -OCH3 is 1. The second-order valence-electron chi connectivity index (χ2n) is 5.21. The first-order valence-electron chi connectivity index (χ1n) is 6.23. The van der Waals surface area contributed by atoms with Crippen molar-refractivity contribution in [2.45, 2.75) is 38.4 Å². The highest BCUT2D eigenvalue weighted by Crippen LogP contribution is 2.30. The Kier molecular flexibility index (Phi) is 3.73. The standard InChI is InChI=1S/C15H20O3/c1-15(2,17-3)9-8-13(16)12-10-18-14-7-5-4-6-11(12)14/h4-7,10,13,16H,8-9H2,1-3H3. The van der Waals surface area contributed by atoms with Crippen LogP contribution in [0.2, 0.25) is 0 Å². The molecular weight excluding hydrogens is 228 g/mol. The average Bonchev–Trinajstić information content (AvgIpc) is 2.80. The number of para-hydroxylation sites is 1. The second-order valence-corrected chi connectivity index (χ2v) is 5.21. The van der Waals surface area contributed by atoms with Crippen LogP contribution in [0, 0.1) is 0 Å². The Morgan fingerprint density at radius 1 is 1.33 bits per heavy atom. The minimum atomic E-state index is -0.511. The van der Waals surface area contributed by atoms with E-state index in [2.05, 4.69) is 0 Å². The van der Waals surface area contributed by atoms with Crippen LogP contribution in [0.15, 0.2) is 34.9 Å². The van der Waals surface area contributed by atoms with E-state index in [1.807, 2.05) is 38.1 Å². The van der Waals surface area contributed by atoms with E-state index in [0.29, 0.717) is 6.42 Å². The van der Waals surface area contributed by atoms with E-state index >= 15 is 0 Å². The van der Waals surface area contributed by atoms with Crippen LogP contribution in [0.4, 0.5) is 0 Å². The van der Waals surface area contributed by atoms with Gasteiger partial charge in [0.2, 0.25) is 0 Å². The van der Waals surface area contributed by atoms with Gasteiger partial charge in [-0.3, -0.25) is 0 Å². The van der Waals surface area contributed by atoms with Crippen molar-refractivity contribution in [2.75, 3.05) is 7.11 Å². The molecule has 0 saturated carbocycles. The van der Waals surface area contributed by atoms with Gasteiger partial charge < -0.3 is 14.3 Å². The van der Waals surface area contributed by atoms with Crippen molar-refractivity contribution < 1.29 is 14.3 Å². The van der Waals surface area contributed by atoms with Gasteiger partial charge in [-0.25, -0.2) is 0 Å². The van der Waals surface area contributed by atoms with Crippen LogP contribution in [0.25, 0.3) is 11.0 Å². The van der Waals surface area contributed by atoms with Crippen molar-refractivity contribution >= 4 is 11.0 Å². The molecule has 0 bridgehead atoms. The zero-order chi connectivity index (χ0) is 13.2. The number of fused-ring (bicyclic) bond motifs is 1. The summed E-state index contributed by atoms with van der Waals surface area (Å²) in [4.78, 5) is 0. The van der Waals surface area contributed by atoms with Gasteiger partial charge in [0.25, 0.3) is 0 Å². The minimum Gasteiger partial charge on any atom is -0.464 e. The van der Waals surface area contributed by atoms with Gasteiger partial charge >= 0.3 is 0 Å². The van der Waals surface area contributed by atoms with E-state index in [1.54, 1.807) is 13.4 Å². The lowest BCUT2D eigenvalue weighted by Gasteiger charge is -2.23. The molecule has 1 unspecified atom stereocenters. The molecule has 0 radical (unpaired) electrons. The number of ether oxygens (including phenoxy) is 1. The number of rotatable bonds is 5. The quantitative estimate of drug-likeness (QED) is 0.877. The molecule has 1 atom stereocenters. The molecule has 1 heterocycles. The Bertz CT molecular complexity index is 513. The maximum absolute atomic E-state index is 10.3. The van der Waals surface area contributed by atoms with Gasteiger partial charge in [0.05, 0.1) is 18.0 Å². The van der Waals surface area contributed by atoms with E-state index in [-0.39, 0.29) is 5.60 Å². The third-order valence-corrected chi connectivity index (χ3v) is 3.44. The summed E-state index contributed by atoms with van der Waals surface area (Å²) >= 11 is 0. The monoisotopic (exact) mass is 248 g/mol. The third kappa shape index (κ3) is 2.74. The molecule has 98 valence electrons. The largest absolute Gasteiger partial charge is 0.464 e. The molecule has 0 aliphatic rings. The van der Waals surface area contributed by atoms with Gasteiger partial charge in [-0.2, -0.15) is 0 Å². The van der Waals surface area contributed by atoms with E-state index in [0.717, 1.165) is 23.0 Å². The maximum Gasteiger partial charge on any atom is 0.134 e. The summed E-state index contributed by atoms with van der Waals surface area (Å²) in [7, 11) is 1.69. The number of furan rings is 1. The molecule has 0 spiro atoms. The summed E-state index contributed by atoms with van der Waals surface area (Å²) in [5.41, 5.74) is 1.47. The smallest absolute Gasteiger partial charge is 0.134 e. The highest BCUT2D eigenvalue weighted by molar-refractivity contribution is 5.81. The molecule has 0 aliphatic heterocycles. The fourth-order valence-electron chi connectivity index (χ4n) is 2.00. The van der Waals surface area contributed by atoms with Crippen molar-refractivity contribution in [3.05, 3.63) is 36.1 Å². The predicted octanol–water partition coefficient (Wildman–Crippen LogP) is 3.67. The van der Waals surface area contributed by atoms with Crippen LogP contribution in [-0.2, 0) is 4.74 Å². The maximum atomic E-state index is 10.3. The van der Waals surface area contributed by atoms with Gasteiger partial charge in [-0.15, -0.1) is 0 Å². The molecule has 3 heteroatoms. The first-order chi connectivity index (χ1) is 8.53. The summed E-state index contributed by atoms with van der Waals surface area (Å²) in [5, 5.41) is 11.2. The molecule has 2 rings (SSSR count). The van der Waals surface area contributed by atoms with Gasteiger partial charge in [0.15, 0.2) is 0 Å². The highest BCUT2D eigenvalue weighted by Gasteiger charge is 2.21. The van der Waals surface area contributed by atoms with Crippen LogP contribution in [0.5, 0.6) is 0 Å². The zero-order valence-electron chi connectivity index (χ0n) is 11.1. The summed E-state index contributed by atoms with van der Waals surface area (Å²) in [6.07, 6.45) is 2.59. The molecule has 1 aromatic heterocycles. The fraction of sp³-hybridized carbons (Fsp3) is 0.467. The van der Waals surface area contributed by atoms with E-state index in [1.165, 1.54) is 0 Å². The summed E-state index contributed by atoms with van der Waals surface area (Å²) in [5.74, 6) is 0. The lowest BCUT2D eigenvalue weighted by atomic mass is 9.96. The minimum absolute atomic E-state index is 0.208. The lowest BCUT2D eigenvalue weighted by molar-refractivity contribution is 0.00284. The Morgan fingerprint density at radius 2 is 2.06 bits per heavy atom. The first kappa shape index (κ1) is 13.1. The van der Waals surface area contributed by atoms with Crippen molar-refractivity contribution in [1.82, 2.24) is 0 Å². The molecule has 2 aromatic rings. The molecule has 18 heavy (non-hydrogen) atoms. The molecule has 0 amide bonds. The normalized spacial score (nSPS) is 14.0. The Hall–Kier alpha value is -1.32. The summed E-state index contributed by atoms with van der Waals surface area (Å²) in [6.45, 7) is 4.04. The molecule has 0 saturated heterocycles. The number of hydrogen-bond acceptors (Lipinski definition) is 3. The lowest BCUT2D eigenvalue weighted by Crippen LogP contribution is -2.23. The van der Waals surface area contributed by atoms with Gasteiger partial charge in [-0.05, 0) is 32.8 Å². The van der Waals surface area contributed by atoms with Crippen LogP contribution in [0.1, 0.15) is 38.4 Å². The number of aliphatic hydroxyl groups is 1. The highest BCUT2D eigenvalue weighted by atomic mass is 16.5. The van der Waals surface area contributed by atoms with Crippen LogP contribution in [0.3, 0.4) is 0 Å². The molecular formula is C15H20O3. The van der Waals surface area contributed by atoms with Crippen molar-refractivity contribution in [3.8, 4) is 0 Å². The van der Waals surface area contributed by atoms with Crippen molar-refractivity contribution in [3.63, 3.8) is 0 Å². The second kappa shape index (κ2) is 5.12. The number of hydrogen-bond donors (Lipinski definition) is 1. The molecule has 0 aliphatic carbocycles. The van der Waals surface area contributed by atoms with E-state index in [9.17, 15) is 5.11 Å². The first-order valence-corrected chi connectivity index (χ1v) is 6.23. The predicted molar refractivity (Wildman–Crippen MR) is 71.5 cm³/mol. The van der Waals surface area contributed by atoms with Gasteiger partial charge in [0.1, 0.15) is 5.58 Å². The average molecular weight is 248 g/mol. The summed E-state index contributed by atoms with van der Waals surface area (Å²) in [6, 6.07) is 7.76. The zero-order valence-corrected chi connectivity index (χ0v) is 11.1. The number of aliphatic hydroxyl groups excluding tert-OH is 1. The van der Waals surface area contributed by atoms with Crippen molar-refractivity contribution in [2.24, 2.45) is 0 Å². The molecule has 1 aromatic carbocycles. The summed E-state index contributed by atoms with van der Waals surface area (Å²) < 4.78 is 10.8. The topological polar surface area (TPSA) is 42.6 Å². The van der Waals surface area contributed by atoms with Crippen molar-refractivity contribution in [1.29, 1.82) is 0 Å². The molecule has 1 N–H and O–H groups in total. The fourth-order valence-corrected chi connectivity index (χ4v) is 2.00. The third-order valence-electron chi connectivity index (χ3n) is 3.44. The van der Waals surface area contributed by atoms with E-state index < -0.39 is 6.10 Å². The van der Waals surface area contributed by atoms with Crippen LogP contribution in [-0.4, -0.2) is 17.8 Å². The molecule has 3 nitrogen and oxygen atoms in total. The van der Waals surface area contributed by atoms with Crippen LogP contribution < -0.4 is 0 Å². The van der Waals surface area contributed by atoms with Crippen LogP contribution >= 0.6 is 0 Å². The number of benzene rings is 1. The van der Waals surface area contributed by atoms with Gasteiger partial charge in [0, 0.05) is 18.1 Å². The Balaban J connectivity index is 2.12. The Labute approximate surface area is 107 Å².